The van der Waals surface area contributed by atoms with Crippen molar-refractivity contribution >= 4 is 28.9 Å². The van der Waals surface area contributed by atoms with Crippen LogP contribution >= 0.6 is 11.6 Å². The van der Waals surface area contributed by atoms with Crippen molar-refractivity contribution < 1.29 is 4.79 Å². The summed E-state index contributed by atoms with van der Waals surface area (Å²) >= 11 is 5.82. The summed E-state index contributed by atoms with van der Waals surface area (Å²) in [6.07, 6.45) is 3.11. The van der Waals surface area contributed by atoms with Gasteiger partial charge in [-0.3, -0.25) is 9.48 Å². The lowest BCUT2D eigenvalue weighted by Crippen LogP contribution is -2.15. The standard InChI is InChI=1S/C12H14ClN5O/c1-3-18-6-9(14)10(17-18)12(19)16-8-4-7(2)11(13)15-5-8/h4-6H,3,14H2,1-2H3,(H,16,19). The van der Waals surface area contributed by atoms with E-state index in [-0.39, 0.29) is 11.6 Å². The number of amides is 1. The third-order valence-electron chi connectivity index (χ3n) is 2.60. The minimum absolute atomic E-state index is 0.203. The van der Waals surface area contributed by atoms with Crippen LogP contribution in [0.4, 0.5) is 11.4 Å². The Balaban J connectivity index is 2.20. The van der Waals surface area contributed by atoms with Crippen LogP contribution in [-0.4, -0.2) is 20.7 Å². The van der Waals surface area contributed by atoms with E-state index >= 15 is 0 Å². The van der Waals surface area contributed by atoms with Crippen LogP contribution in [0.3, 0.4) is 0 Å². The van der Waals surface area contributed by atoms with Crippen molar-refractivity contribution in [3.05, 3.63) is 34.9 Å². The summed E-state index contributed by atoms with van der Waals surface area (Å²) in [7, 11) is 0. The second-order valence-electron chi connectivity index (χ2n) is 4.07. The number of aromatic nitrogens is 3. The fourth-order valence-corrected chi connectivity index (χ4v) is 1.70. The molecular formula is C12H14ClN5O. The van der Waals surface area contributed by atoms with E-state index in [4.69, 9.17) is 17.3 Å². The van der Waals surface area contributed by atoms with Gasteiger partial charge in [0.15, 0.2) is 5.69 Å². The van der Waals surface area contributed by atoms with E-state index in [1.807, 2.05) is 13.8 Å². The van der Waals surface area contributed by atoms with Gasteiger partial charge in [-0.15, -0.1) is 0 Å². The van der Waals surface area contributed by atoms with Gasteiger partial charge in [-0.25, -0.2) is 4.98 Å². The van der Waals surface area contributed by atoms with E-state index < -0.39 is 0 Å². The zero-order chi connectivity index (χ0) is 14.0. The molecule has 0 atom stereocenters. The second kappa shape index (κ2) is 5.27. The molecule has 2 aromatic heterocycles. The number of nitrogens with two attached hydrogens (primary N) is 1. The average molecular weight is 280 g/mol. The first kappa shape index (κ1) is 13.4. The van der Waals surface area contributed by atoms with E-state index in [0.717, 1.165) is 5.56 Å². The fraction of sp³-hybridized carbons (Fsp3) is 0.250. The lowest BCUT2D eigenvalue weighted by molar-refractivity contribution is 0.102. The number of pyridine rings is 1. The van der Waals surface area contributed by atoms with Crippen LogP contribution in [0, 0.1) is 6.92 Å². The molecule has 1 amide bonds. The minimum Gasteiger partial charge on any atom is -0.396 e. The van der Waals surface area contributed by atoms with Gasteiger partial charge in [-0.2, -0.15) is 5.10 Å². The summed E-state index contributed by atoms with van der Waals surface area (Å²) in [5, 5.41) is 7.20. The van der Waals surface area contributed by atoms with Gasteiger partial charge < -0.3 is 11.1 Å². The van der Waals surface area contributed by atoms with Crippen LogP contribution < -0.4 is 11.1 Å². The number of halogens is 1. The van der Waals surface area contributed by atoms with Crippen molar-refractivity contribution in [1.82, 2.24) is 14.8 Å². The highest BCUT2D eigenvalue weighted by molar-refractivity contribution is 6.30. The number of nitrogen functional groups attached to an aromatic ring is 1. The topological polar surface area (TPSA) is 85.8 Å². The van der Waals surface area contributed by atoms with Crippen molar-refractivity contribution in [2.45, 2.75) is 20.4 Å². The molecule has 0 aliphatic heterocycles. The summed E-state index contributed by atoms with van der Waals surface area (Å²) in [5.74, 6) is -0.367. The molecule has 7 heteroatoms. The summed E-state index contributed by atoms with van der Waals surface area (Å²) in [4.78, 5) is 16.0. The van der Waals surface area contributed by atoms with Crippen molar-refractivity contribution in [3.8, 4) is 0 Å². The number of nitrogens with one attached hydrogen (secondary N) is 1. The highest BCUT2D eigenvalue weighted by atomic mass is 35.5. The molecule has 2 aromatic rings. The molecule has 100 valence electrons. The van der Waals surface area contributed by atoms with Crippen molar-refractivity contribution in [2.75, 3.05) is 11.1 Å². The molecule has 2 rings (SSSR count). The van der Waals surface area contributed by atoms with Gasteiger partial charge >= 0.3 is 0 Å². The van der Waals surface area contributed by atoms with E-state index in [9.17, 15) is 4.79 Å². The molecule has 0 aliphatic carbocycles. The fourth-order valence-electron chi connectivity index (χ4n) is 1.59. The molecule has 19 heavy (non-hydrogen) atoms. The number of hydrogen-bond donors (Lipinski definition) is 2. The molecule has 0 saturated carbocycles. The monoisotopic (exact) mass is 279 g/mol. The highest BCUT2D eigenvalue weighted by Crippen LogP contribution is 2.17. The summed E-state index contributed by atoms with van der Waals surface area (Å²) in [6.45, 7) is 4.38. The Bertz CT molecular complexity index is 623. The predicted molar refractivity (Wildman–Crippen MR) is 74.3 cm³/mol. The van der Waals surface area contributed by atoms with Gasteiger partial charge in [0.05, 0.1) is 17.6 Å². The first-order valence-electron chi connectivity index (χ1n) is 5.77. The normalized spacial score (nSPS) is 10.5. The van der Waals surface area contributed by atoms with Crippen molar-refractivity contribution in [2.24, 2.45) is 0 Å². The van der Waals surface area contributed by atoms with Gasteiger partial charge in [-0.1, -0.05) is 11.6 Å². The SMILES string of the molecule is CCn1cc(N)c(C(=O)Nc2cnc(Cl)c(C)c2)n1. The molecule has 6 nitrogen and oxygen atoms in total. The maximum absolute atomic E-state index is 12.0. The van der Waals surface area contributed by atoms with E-state index in [1.165, 1.54) is 6.20 Å². The van der Waals surface area contributed by atoms with Gasteiger partial charge in [0.25, 0.3) is 5.91 Å². The predicted octanol–water partition coefficient (Wildman–Crippen LogP) is 2.09. The maximum Gasteiger partial charge on any atom is 0.278 e. The van der Waals surface area contributed by atoms with Gasteiger partial charge in [-0.05, 0) is 25.5 Å². The number of carbonyl (C=O) groups excluding carboxylic acids is 1. The molecular weight excluding hydrogens is 266 g/mol. The number of hydrogen-bond acceptors (Lipinski definition) is 4. The number of nitrogens with zero attached hydrogens (tertiary/aromatic N) is 3. The van der Waals surface area contributed by atoms with Crippen LogP contribution in [-0.2, 0) is 6.54 Å². The largest absolute Gasteiger partial charge is 0.396 e. The average Bonchev–Trinajstić information content (AvgIpc) is 2.75. The third kappa shape index (κ3) is 2.85. The zero-order valence-electron chi connectivity index (χ0n) is 10.6. The molecule has 0 aromatic carbocycles. The Morgan fingerprint density at radius 1 is 1.58 bits per heavy atom. The van der Waals surface area contributed by atoms with E-state index in [0.29, 0.717) is 23.1 Å². The van der Waals surface area contributed by atoms with Crippen molar-refractivity contribution in [3.63, 3.8) is 0 Å². The molecule has 0 fully saturated rings. The van der Waals surface area contributed by atoms with Gasteiger partial charge in [0.1, 0.15) is 5.15 Å². The zero-order valence-corrected chi connectivity index (χ0v) is 11.4. The van der Waals surface area contributed by atoms with Gasteiger partial charge in [0.2, 0.25) is 0 Å². The highest BCUT2D eigenvalue weighted by Gasteiger charge is 2.15. The summed E-state index contributed by atoms with van der Waals surface area (Å²) < 4.78 is 1.61. The lowest BCUT2D eigenvalue weighted by atomic mass is 10.3. The molecule has 3 N–H and O–H groups in total. The second-order valence-corrected chi connectivity index (χ2v) is 4.43. The Kier molecular flexibility index (Phi) is 3.71. The molecule has 0 bridgehead atoms. The molecule has 0 unspecified atom stereocenters. The molecule has 0 saturated heterocycles. The first-order valence-corrected chi connectivity index (χ1v) is 6.15. The van der Waals surface area contributed by atoms with Gasteiger partial charge in [0, 0.05) is 12.7 Å². The first-order chi connectivity index (χ1) is 9.01. The Morgan fingerprint density at radius 3 is 2.89 bits per heavy atom. The molecule has 0 radical (unpaired) electrons. The summed E-state index contributed by atoms with van der Waals surface area (Å²) in [6, 6.07) is 1.74. The van der Waals surface area contributed by atoms with Crippen LogP contribution in [0.2, 0.25) is 5.15 Å². The lowest BCUT2D eigenvalue weighted by Gasteiger charge is -2.05. The quantitative estimate of drug-likeness (QED) is 0.843. The van der Waals surface area contributed by atoms with E-state index in [1.54, 1.807) is 16.9 Å². The maximum atomic E-state index is 12.0. The Morgan fingerprint density at radius 2 is 2.32 bits per heavy atom. The van der Waals surface area contributed by atoms with E-state index in [2.05, 4.69) is 15.4 Å². The number of aryl methyl sites for hydroxylation is 2. The third-order valence-corrected chi connectivity index (χ3v) is 3.00. The summed E-state index contributed by atoms with van der Waals surface area (Å²) in [5.41, 5.74) is 7.63. The molecule has 0 spiro atoms. The smallest absolute Gasteiger partial charge is 0.278 e. The van der Waals surface area contributed by atoms with Crippen LogP contribution in [0.1, 0.15) is 23.0 Å². The number of anilines is 2. The number of carbonyl (C=O) groups is 1. The minimum atomic E-state index is -0.367. The number of rotatable bonds is 3. The van der Waals surface area contributed by atoms with Crippen LogP contribution in [0.25, 0.3) is 0 Å². The van der Waals surface area contributed by atoms with Crippen molar-refractivity contribution in [1.29, 1.82) is 0 Å². The van der Waals surface area contributed by atoms with Crippen LogP contribution in [0.5, 0.6) is 0 Å². The Hall–Kier alpha value is -2.08. The molecule has 0 aliphatic rings. The molecule has 2 heterocycles. The Labute approximate surface area is 115 Å². The van der Waals surface area contributed by atoms with Crippen LogP contribution in [0.15, 0.2) is 18.5 Å².